The van der Waals surface area contributed by atoms with Gasteiger partial charge in [-0.15, -0.1) is 0 Å². The quantitative estimate of drug-likeness (QED) is 0.154. The number of carboxylic acids is 1. The third-order valence-corrected chi connectivity index (χ3v) is 7.76. The molecule has 1 aromatic heterocycles. The van der Waals surface area contributed by atoms with Crippen molar-refractivity contribution >= 4 is 21.7 Å². The van der Waals surface area contributed by atoms with Gasteiger partial charge in [0.15, 0.2) is 11.6 Å². The zero-order chi connectivity index (χ0) is 31.4. The number of hydrogen-bond acceptors (Lipinski definition) is 7. The summed E-state index contributed by atoms with van der Waals surface area (Å²) in [7, 11) is -4.02. The van der Waals surface area contributed by atoms with E-state index in [4.69, 9.17) is 15.2 Å². The Morgan fingerprint density at radius 2 is 1.59 bits per heavy atom. The largest absolute Gasteiger partial charge is 0.478 e. The van der Waals surface area contributed by atoms with Gasteiger partial charge in [0.1, 0.15) is 17.1 Å². The number of halogens is 2. The summed E-state index contributed by atoms with van der Waals surface area (Å²) in [5.74, 6) is -5.38. The van der Waals surface area contributed by atoms with Crippen molar-refractivity contribution in [2.45, 2.75) is 18.4 Å². The first-order valence-corrected chi connectivity index (χ1v) is 14.6. The fourth-order valence-corrected chi connectivity index (χ4v) is 5.32. The highest BCUT2D eigenvalue weighted by atomic mass is 32.2. The van der Waals surface area contributed by atoms with Crippen molar-refractivity contribution in [3.63, 3.8) is 0 Å². The van der Waals surface area contributed by atoms with Gasteiger partial charge in [0, 0.05) is 18.7 Å². The molecule has 9 nitrogen and oxygen atoms in total. The Morgan fingerprint density at radius 1 is 0.864 bits per heavy atom. The van der Waals surface area contributed by atoms with Crippen LogP contribution < -0.4 is 19.9 Å². The highest BCUT2D eigenvalue weighted by Crippen LogP contribution is 2.35. The van der Waals surface area contributed by atoms with Crippen molar-refractivity contribution in [2.24, 2.45) is 5.73 Å². The number of nitrogens with zero attached hydrogens (tertiary/aromatic N) is 1. The van der Waals surface area contributed by atoms with Gasteiger partial charge in [0.25, 0.3) is 21.8 Å². The molecule has 0 spiro atoms. The van der Waals surface area contributed by atoms with Crippen LogP contribution in [-0.4, -0.2) is 24.5 Å². The molecule has 12 heteroatoms. The Balaban J connectivity index is 1.55. The van der Waals surface area contributed by atoms with E-state index in [-0.39, 0.29) is 34.2 Å². The van der Waals surface area contributed by atoms with E-state index in [2.05, 4.69) is 9.71 Å². The number of pyridine rings is 1. The Labute approximate surface area is 251 Å². The van der Waals surface area contributed by atoms with Crippen LogP contribution in [0.3, 0.4) is 0 Å². The molecule has 0 aliphatic heterocycles. The number of nitrogens with two attached hydrogens (primary N) is 1. The number of ether oxygens (including phenoxy) is 2. The van der Waals surface area contributed by atoms with Crippen molar-refractivity contribution in [1.29, 1.82) is 0 Å². The Bertz CT molecular complexity index is 1970. The van der Waals surface area contributed by atoms with Crippen LogP contribution >= 0.6 is 0 Å². The second kappa shape index (κ2) is 12.5. The summed E-state index contributed by atoms with van der Waals surface area (Å²) in [5.41, 5.74) is 8.22. The third-order valence-electron chi connectivity index (χ3n) is 6.36. The first kappa shape index (κ1) is 30.1. The molecule has 224 valence electrons. The predicted octanol–water partition coefficient (Wildman–Crippen LogP) is 6.88. The van der Waals surface area contributed by atoms with Crippen LogP contribution in [0.4, 0.5) is 14.5 Å². The molecule has 0 unspecified atom stereocenters. The molecule has 0 atom stereocenters. The van der Waals surface area contributed by atoms with E-state index >= 15 is 0 Å². The molecule has 44 heavy (non-hydrogen) atoms. The van der Waals surface area contributed by atoms with Gasteiger partial charge in [-0.1, -0.05) is 42.5 Å². The topological polar surface area (TPSA) is 141 Å². The van der Waals surface area contributed by atoms with Crippen molar-refractivity contribution in [2.75, 3.05) is 4.72 Å². The lowest BCUT2D eigenvalue weighted by atomic mass is 10.0. The van der Waals surface area contributed by atoms with E-state index in [0.29, 0.717) is 22.8 Å². The number of benzene rings is 4. The van der Waals surface area contributed by atoms with E-state index in [1.807, 2.05) is 6.07 Å². The van der Waals surface area contributed by atoms with E-state index in [9.17, 15) is 27.1 Å². The maximum absolute atomic E-state index is 14.9. The number of nitrogens with one attached hydrogen (secondary N) is 1. The standard InChI is InChI=1S/C32H25F2N3O6S/c1-19-10-11-26(32(38)39)29(12-19)43-31-28(34)17-27(33)30(36-31)42-24-15-22(21-7-5-6-20(13-21)18-35)14-23(16-24)37-44(40,41)25-8-3-2-4-9-25/h2-17,37H,18,35H2,1H3,(H,38,39). The number of aryl methyl sites for hydroxylation is 1. The number of sulfonamides is 1. The molecule has 1 heterocycles. The van der Waals surface area contributed by atoms with Crippen LogP contribution in [0.1, 0.15) is 21.5 Å². The van der Waals surface area contributed by atoms with Crippen LogP contribution in [0.25, 0.3) is 11.1 Å². The lowest BCUT2D eigenvalue weighted by Gasteiger charge is -2.15. The average molecular weight is 618 g/mol. The van der Waals surface area contributed by atoms with E-state index in [1.54, 1.807) is 55.5 Å². The number of aromatic carboxylic acids is 1. The summed E-state index contributed by atoms with van der Waals surface area (Å²) in [6, 6.07) is 24.0. The molecule has 0 amide bonds. The highest BCUT2D eigenvalue weighted by Gasteiger charge is 2.21. The van der Waals surface area contributed by atoms with Crippen molar-refractivity contribution < 1.29 is 36.6 Å². The number of hydrogen-bond donors (Lipinski definition) is 3. The Hall–Kier alpha value is -5.33. The van der Waals surface area contributed by atoms with Crippen molar-refractivity contribution in [1.82, 2.24) is 4.98 Å². The number of carbonyl (C=O) groups is 1. The van der Waals surface area contributed by atoms with Gasteiger partial charge in [-0.05, 0) is 71.6 Å². The fourth-order valence-electron chi connectivity index (χ4n) is 4.26. The first-order chi connectivity index (χ1) is 21.0. The van der Waals surface area contributed by atoms with Gasteiger partial charge >= 0.3 is 5.97 Å². The van der Waals surface area contributed by atoms with Crippen molar-refractivity contribution in [3.05, 3.63) is 125 Å². The van der Waals surface area contributed by atoms with Crippen LogP contribution in [0.15, 0.2) is 102 Å². The van der Waals surface area contributed by atoms with E-state index in [1.165, 1.54) is 36.4 Å². The van der Waals surface area contributed by atoms with Gasteiger partial charge < -0.3 is 20.3 Å². The maximum atomic E-state index is 14.9. The van der Waals surface area contributed by atoms with Gasteiger partial charge in [0.05, 0.1) is 10.6 Å². The van der Waals surface area contributed by atoms with E-state index < -0.39 is 39.4 Å². The molecule has 5 aromatic rings. The fraction of sp³-hybridized carbons (Fsp3) is 0.0625. The molecule has 4 aromatic carbocycles. The number of anilines is 1. The van der Waals surface area contributed by atoms with Crippen LogP contribution in [0, 0.1) is 18.6 Å². The predicted molar refractivity (Wildman–Crippen MR) is 159 cm³/mol. The number of aromatic nitrogens is 1. The minimum Gasteiger partial charge on any atom is -0.478 e. The summed E-state index contributed by atoms with van der Waals surface area (Å²) in [6.07, 6.45) is 0. The molecule has 0 aliphatic carbocycles. The molecule has 0 saturated carbocycles. The molecule has 4 N–H and O–H groups in total. The third kappa shape index (κ3) is 6.83. The highest BCUT2D eigenvalue weighted by molar-refractivity contribution is 7.92. The molecule has 0 bridgehead atoms. The second-order valence-corrected chi connectivity index (χ2v) is 11.3. The van der Waals surface area contributed by atoms with Gasteiger partial charge in [-0.3, -0.25) is 4.72 Å². The molecule has 5 rings (SSSR count). The maximum Gasteiger partial charge on any atom is 0.339 e. The van der Waals surface area contributed by atoms with Crippen LogP contribution in [-0.2, 0) is 16.6 Å². The van der Waals surface area contributed by atoms with Gasteiger partial charge in [-0.25, -0.2) is 22.0 Å². The first-order valence-electron chi connectivity index (χ1n) is 13.1. The molecule has 0 saturated heterocycles. The average Bonchev–Trinajstić information content (AvgIpc) is 2.99. The van der Waals surface area contributed by atoms with Crippen LogP contribution in [0.2, 0.25) is 0 Å². The summed E-state index contributed by atoms with van der Waals surface area (Å²) in [4.78, 5) is 15.5. The van der Waals surface area contributed by atoms with Gasteiger partial charge in [-0.2, -0.15) is 4.98 Å². The second-order valence-electron chi connectivity index (χ2n) is 9.64. The summed E-state index contributed by atoms with van der Waals surface area (Å²) >= 11 is 0. The smallest absolute Gasteiger partial charge is 0.339 e. The minimum atomic E-state index is -4.02. The van der Waals surface area contributed by atoms with Crippen molar-refractivity contribution in [3.8, 4) is 34.4 Å². The molecule has 0 fully saturated rings. The summed E-state index contributed by atoms with van der Waals surface area (Å²) in [5, 5.41) is 9.50. The number of carboxylic acid groups (broad SMARTS) is 1. The lowest BCUT2D eigenvalue weighted by Crippen LogP contribution is -2.13. The van der Waals surface area contributed by atoms with E-state index in [0.717, 1.165) is 5.56 Å². The molecule has 0 aliphatic rings. The SMILES string of the molecule is Cc1ccc(C(=O)O)c(Oc2nc(Oc3cc(NS(=O)(=O)c4ccccc4)cc(-c4cccc(CN)c4)c3)c(F)cc2F)c1. The zero-order valence-electron chi connectivity index (χ0n) is 23.1. The monoisotopic (exact) mass is 617 g/mol. The molecular weight excluding hydrogens is 592 g/mol. The Morgan fingerprint density at radius 3 is 2.30 bits per heavy atom. The number of rotatable bonds is 10. The summed E-state index contributed by atoms with van der Waals surface area (Å²) in [6.45, 7) is 1.94. The molecule has 0 radical (unpaired) electrons. The summed E-state index contributed by atoms with van der Waals surface area (Å²) < 4.78 is 69.5. The normalized spacial score (nSPS) is 11.2. The van der Waals surface area contributed by atoms with Crippen LogP contribution in [0.5, 0.6) is 23.3 Å². The minimum absolute atomic E-state index is 0.0166. The van der Waals surface area contributed by atoms with Gasteiger partial charge in [0.2, 0.25) is 0 Å². The lowest BCUT2D eigenvalue weighted by molar-refractivity contribution is 0.0694. The Kier molecular flexibility index (Phi) is 8.56. The molecular formula is C32H25F2N3O6S. The zero-order valence-corrected chi connectivity index (χ0v) is 23.9.